The summed E-state index contributed by atoms with van der Waals surface area (Å²) in [5.74, 6) is 0. The fraction of sp³-hybridized carbons (Fsp3) is 0.333. The molecule has 0 saturated heterocycles. The lowest BCUT2D eigenvalue weighted by atomic mass is 10.1. The first-order valence-electron chi connectivity index (χ1n) is 4.17. The van der Waals surface area contributed by atoms with Gasteiger partial charge in [0.1, 0.15) is 0 Å². The number of thioether (sulfide) groups is 1. The highest BCUT2D eigenvalue weighted by molar-refractivity contribution is 8.06. The molecule has 12 heavy (non-hydrogen) atoms. The van der Waals surface area contributed by atoms with Gasteiger partial charge in [-0.1, -0.05) is 11.8 Å². The maximum absolute atomic E-state index is 3.26. The highest BCUT2D eigenvalue weighted by Crippen LogP contribution is 2.29. The summed E-state index contributed by atoms with van der Waals surface area (Å²) in [4.78, 5) is 1.34. The Morgan fingerprint density at radius 3 is 3.00 bits per heavy atom. The molecule has 0 unspecified atom stereocenters. The number of rotatable bonds is 1. The Kier molecular flexibility index (Phi) is 2.42. The lowest BCUT2D eigenvalue weighted by Crippen LogP contribution is -2.14. The minimum Gasteiger partial charge on any atom is -0.391 e. The molecular weight excluding hydrogens is 168 g/mol. The van der Waals surface area contributed by atoms with Gasteiger partial charge in [0.25, 0.3) is 0 Å². The SMILES string of the molecule is C1=CSC(C2=CNCCC2)=CN1. The summed E-state index contributed by atoms with van der Waals surface area (Å²) in [5.41, 5.74) is 1.42. The Labute approximate surface area is 76.8 Å². The molecule has 0 aromatic rings. The van der Waals surface area contributed by atoms with Crippen LogP contribution in [0.3, 0.4) is 0 Å². The van der Waals surface area contributed by atoms with Crippen LogP contribution in [0.25, 0.3) is 0 Å². The predicted octanol–water partition coefficient (Wildman–Crippen LogP) is 1.90. The lowest BCUT2D eigenvalue weighted by molar-refractivity contribution is 0.707. The second kappa shape index (κ2) is 3.72. The fourth-order valence-electron chi connectivity index (χ4n) is 1.32. The van der Waals surface area contributed by atoms with E-state index in [1.54, 1.807) is 11.8 Å². The molecule has 2 nitrogen and oxygen atoms in total. The zero-order chi connectivity index (χ0) is 8.23. The minimum atomic E-state index is 1.12. The molecule has 0 saturated carbocycles. The summed E-state index contributed by atoms with van der Waals surface area (Å²) >= 11 is 1.78. The van der Waals surface area contributed by atoms with Crippen molar-refractivity contribution >= 4 is 11.8 Å². The molecule has 2 heterocycles. The van der Waals surface area contributed by atoms with Gasteiger partial charge in [-0.15, -0.1) is 0 Å². The maximum atomic E-state index is 3.26. The van der Waals surface area contributed by atoms with E-state index in [2.05, 4.69) is 28.4 Å². The number of hydrogen-bond acceptors (Lipinski definition) is 3. The quantitative estimate of drug-likeness (QED) is 0.644. The van der Waals surface area contributed by atoms with E-state index >= 15 is 0 Å². The number of nitrogens with one attached hydrogen (secondary N) is 2. The van der Waals surface area contributed by atoms with Crippen LogP contribution in [-0.2, 0) is 0 Å². The van der Waals surface area contributed by atoms with Crippen molar-refractivity contribution in [3.8, 4) is 0 Å². The molecule has 2 aliphatic heterocycles. The number of hydrogen-bond donors (Lipinski definition) is 2. The lowest BCUT2D eigenvalue weighted by Gasteiger charge is -2.17. The van der Waals surface area contributed by atoms with Crippen molar-refractivity contribution in [2.75, 3.05) is 6.54 Å². The third kappa shape index (κ3) is 1.67. The van der Waals surface area contributed by atoms with E-state index in [0.29, 0.717) is 0 Å². The van der Waals surface area contributed by atoms with Crippen molar-refractivity contribution in [3.63, 3.8) is 0 Å². The van der Waals surface area contributed by atoms with Gasteiger partial charge in [0.2, 0.25) is 0 Å². The van der Waals surface area contributed by atoms with E-state index in [1.165, 1.54) is 23.3 Å². The van der Waals surface area contributed by atoms with Crippen molar-refractivity contribution in [1.29, 1.82) is 0 Å². The summed E-state index contributed by atoms with van der Waals surface area (Å²) in [5, 5.41) is 8.44. The van der Waals surface area contributed by atoms with Crippen molar-refractivity contribution in [2.45, 2.75) is 12.8 Å². The molecule has 0 fully saturated rings. The third-order valence-electron chi connectivity index (χ3n) is 1.93. The fourth-order valence-corrected chi connectivity index (χ4v) is 2.06. The second-order valence-corrected chi connectivity index (χ2v) is 3.77. The van der Waals surface area contributed by atoms with Gasteiger partial charge < -0.3 is 10.6 Å². The molecule has 0 aromatic carbocycles. The average Bonchev–Trinajstić information content (AvgIpc) is 2.21. The van der Waals surface area contributed by atoms with E-state index in [1.807, 2.05) is 6.20 Å². The topological polar surface area (TPSA) is 24.1 Å². The molecule has 0 bridgehead atoms. The first-order valence-corrected chi connectivity index (χ1v) is 5.05. The zero-order valence-electron chi connectivity index (χ0n) is 6.84. The summed E-state index contributed by atoms with van der Waals surface area (Å²) in [7, 11) is 0. The molecule has 0 amide bonds. The summed E-state index contributed by atoms with van der Waals surface area (Å²) < 4.78 is 0. The highest BCUT2D eigenvalue weighted by atomic mass is 32.2. The van der Waals surface area contributed by atoms with Crippen LogP contribution in [0.5, 0.6) is 0 Å². The van der Waals surface area contributed by atoms with Gasteiger partial charge >= 0.3 is 0 Å². The second-order valence-electron chi connectivity index (χ2n) is 2.82. The Hall–Kier alpha value is -0.830. The summed E-state index contributed by atoms with van der Waals surface area (Å²) in [6.07, 6.45) is 8.58. The molecule has 2 aliphatic rings. The first kappa shape index (κ1) is 7.80. The van der Waals surface area contributed by atoms with Crippen LogP contribution in [0.1, 0.15) is 12.8 Å². The molecule has 0 atom stereocenters. The van der Waals surface area contributed by atoms with Crippen LogP contribution in [0, 0.1) is 0 Å². The van der Waals surface area contributed by atoms with Crippen molar-refractivity contribution in [1.82, 2.24) is 10.6 Å². The van der Waals surface area contributed by atoms with Gasteiger partial charge in [0.15, 0.2) is 0 Å². The van der Waals surface area contributed by atoms with E-state index in [-0.39, 0.29) is 0 Å². The largest absolute Gasteiger partial charge is 0.391 e. The smallest absolute Gasteiger partial charge is 0.0323 e. The highest BCUT2D eigenvalue weighted by Gasteiger charge is 2.09. The van der Waals surface area contributed by atoms with Crippen LogP contribution >= 0.6 is 11.8 Å². The van der Waals surface area contributed by atoms with Crippen LogP contribution in [-0.4, -0.2) is 6.54 Å². The normalized spacial score (nSPS) is 22.0. The Bertz CT molecular complexity index is 247. The van der Waals surface area contributed by atoms with E-state index in [9.17, 15) is 0 Å². The molecule has 0 radical (unpaired) electrons. The number of allylic oxidation sites excluding steroid dienone is 1. The van der Waals surface area contributed by atoms with Crippen molar-refractivity contribution < 1.29 is 0 Å². The Balaban J connectivity index is 2.07. The van der Waals surface area contributed by atoms with Gasteiger partial charge in [-0.25, -0.2) is 0 Å². The average molecular weight is 180 g/mol. The van der Waals surface area contributed by atoms with E-state index < -0.39 is 0 Å². The van der Waals surface area contributed by atoms with Crippen LogP contribution < -0.4 is 10.6 Å². The predicted molar refractivity (Wildman–Crippen MR) is 53.3 cm³/mol. The Morgan fingerprint density at radius 1 is 1.33 bits per heavy atom. The van der Waals surface area contributed by atoms with Gasteiger partial charge in [-0.05, 0) is 23.8 Å². The van der Waals surface area contributed by atoms with Crippen LogP contribution in [0.2, 0.25) is 0 Å². The standard InChI is InChI=1S/C9H12N2S/c1-2-8(6-10-3-1)9-7-11-4-5-12-9/h4-7,10-11H,1-3H2. The molecule has 2 rings (SSSR count). The van der Waals surface area contributed by atoms with Crippen molar-refractivity contribution in [2.24, 2.45) is 0 Å². The molecule has 0 aliphatic carbocycles. The van der Waals surface area contributed by atoms with Crippen LogP contribution in [0.4, 0.5) is 0 Å². The minimum absolute atomic E-state index is 1.12. The van der Waals surface area contributed by atoms with E-state index in [0.717, 1.165) is 6.54 Å². The molecule has 0 spiro atoms. The summed E-state index contributed by atoms with van der Waals surface area (Å²) in [6, 6.07) is 0. The molecule has 3 heteroatoms. The Morgan fingerprint density at radius 2 is 2.33 bits per heavy atom. The molecule has 0 aromatic heterocycles. The monoisotopic (exact) mass is 180 g/mol. The first-order chi connectivity index (χ1) is 5.97. The van der Waals surface area contributed by atoms with Gasteiger partial charge in [-0.2, -0.15) is 0 Å². The molecular formula is C9H12N2S. The maximum Gasteiger partial charge on any atom is 0.0323 e. The van der Waals surface area contributed by atoms with Gasteiger partial charge in [0.05, 0.1) is 0 Å². The zero-order valence-corrected chi connectivity index (χ0v) is 7.66. The van der Waals surface area contributed by atoms with Crippen molar-refractivity contribution in [3.05, 3.63) is 34.5 Å². The van der Waals surface area contributed by atoms with Gasteiger partial charge in [-0.3, -0.25) is 0 Å². The van der Waals surface area contributed by atoms with E-state index in [4.69, 9.17) is 0 Å². The third-order valence-corrected chi connectivity index (χ3v) is 2.84. The van der Waals surface area contributed by atoms with Crippen LogP contribution in [0.15, 0.2) is 34.5 Å². The van der Waals surface area contributed by atoms with Gasteiger partial charge in [0, 0.05) is 30.0 Å². The molecule has 2 N–H and O–H groups in total. The molecule has 64 valence electrons. The summed E-state index contributed by atoms with van der Waals surface area (Å²) in [6.45, 7) is 1.12.